The highest BCUT2D eigenvalue weighted by atomic mass is 31.2. The van der Waals surface area contributed by atoms with Gasteiger partial charge in [0.15, 0.2) is 6.23 Å². The standard InChI is InChI=1S/C27H48N4O10P2Si/c1-19(2)31(20(3)4)42(36-13-10-12-28)41-23-22-18-39-43(34,38-15-16-44(6,7)8)37-14-9-11-21-17-30(27(33)29-25(21)32)26(40-22)24(23)35-5/h17,19-20,22-24,26H,9-11,13-16,18H2,1-8H3,(H,29,32,33)/t22-,23-,24-,26-,42?,43?/m1/s1. The zero-order chi connectivity index (χ0) is 32.7. The molecule has 0 aliphatic carbocycles. The lowest BCUT2D eigenvalue weighted by Gasteiger charge is -2.38. The Kier molecular flexibility index (Phi) is 14.0. The molecule has 14 nitrogen and oxygen atoms in total. The molecule has 2 unspecified atom stereocenters. The summed E-state index contributed by atoms with van der Waals surface area (Å²) < 4.78 is 59.5. The number of aryl methyl sites for hydroxylation is 1. The molecule has 1 N–H and O–H groups in total. The number of phosphoric acid groups is 1. The molecule has 0 saturated carbocycles. The Balaban J connectivity index is 2.04. The van der Waals surface area contributed by atoms with E-state index in [2.05, 4.69) is 35.4 Å². The van der Waals surface area contributed by atoms with Crippen molar-refractivity contribution >= 4 is 24.4 Å². The molecule has 4 bridgehead atoms. The van der Waals surface area contributed by atoms with Crippen molar-refractivity contribution in [1.29, 1.82) is 5.26 Å². The van der Waals surface area contributed by atoms with Gasteiger partial charge in [0.2, 0.25) is 0 Å². The second kappa shape index (κ2) is 16.5. The average molecular weight is 679 g/mol. The zero-order valence-electron chi connectivity index (χ0n) is 27.0. The number of nitriles is 1. The molecule has 1 saturated heterocycles. The fourth-order valence-corrected chi connectivity index (χ4v) is 8.79. The number of H-pyrrole nitrogens is 1. The van der Waals surface area contributed by atoms with Crippen LogP contribution in [0, 0.1) is 11.3 Å². The van der Waals surface area contributed by atoms with E-state index in [1.807, 2.05) is 27.7 Å². The van der Waals surface area contributed by atoms with Crippen LogP contribution in [0.25, 0.3) is 0 Å². The van der Waals surface area contributed by atoms with Gasteiger partial charge in [0.05, 0.1) is 38.9 Å². The monoisotopic (exact) mass is 678 g/mol. The first-order chi connectivity index (χ1) is 20.7. The van der Waals surface area contributed by atoms with Gasteiger partial charge in [-0.2, -0.15) is 5.26 Å². The molecule has 2 aliphatic heterocycles. The van der Waals surface area contributed by atoms with Crippen LogP contribution in [-0.4, -0.2) is 86.2 Å². The summed E-state index contributed by atoms with van der Waals surface area (Å²) in [7, 11) is -5.84. The fraction of sp³-hybridized carbons (Fsp3) is 0.815. The number of aromatic nitrogens is 2. The molecule has 2 aliphatic rings. The SMILES string of the molecule is CO[C@@H]1[C@H](OP(OCCC#N)N(C(C)C)C(C)C)[C@H]2COP(=O)(OCC[Si](C)(C)C)OCCCc3cn(c(=O)[nH]c3=O)[C@@H]1O2. The first-order valence-electron chi connectivity index (χ1n) is 15.0. The third-order valence-electron chi connectivity index (χ3n) is 7.09. The number of hydrogen-bond donors (Lipinski definition) is 1. The molecular weight excluding hydrogens is 630 g/mol. The first kappa shape index (κ1) is 37.2. The van der Waals surface area contributed by atoms with Crippen LogP contribution >= 0.6 is 16.3 Å². The molecule has 3 rings (SSSR count). The third-order valence-corrected chi connectivity index (χ3v) is 12.4. The second-order valence-corrected chi connectivity index (χ2v) is 21.2. The van der Waals surface area contributed by atoms with Gasteiger partial charge in [0.25, 0.3) is 14.1 Å². The summed E-state index contributed by atoms with van der Waals surface area (Å²) in [5.74, 6) is 0. The lowest BCUT2D eigenvalue weighted by atomic mass is 10.1. The predicted octanol–water partition coefficient (Wildman–Crippen LogP) is 4.55. The van der Waals surface area contributed by atoms with E-state index in [4.69, 9.17) is 37.4 Å². The molecule has 0 spiro atoms. The maximum absolute atomic E-state index is 13.8. The lowest BCUT2D eigenvalue weighted by Crippen LogP contribution is -2.42. The molecule has 0 radical (unpaired) electrons. The molecule has 1 fully saturated rings. The zero-order valence-corrected chi connectivity index (χ0v) is 29.8. The van der Waals surface area contributed by atoms with Gasteiger partial charge in [-0.25, -0.2) is 14.0 Å². The Morgan fingerprint density at radius 3 is 2.50 bits per heavy atom. The van der Waals surface area contributed by atoms with Crippen LogP contribution < -0.4 is 11.2 Å². The van der Waals surface area contributed by atoms with E-state index in [1.165, 1.54) is 17.9 Å². The molecular formula is C27H48N4O10P2Si. The fourth-order valence-electron chi connectivity index (χ4n) is 4.92. The minimum atomic E-state index is -4.04. The van der Waals surface area contributed by atoms with Crippen molar-refractivity contribution in [2.75, 3.05) is 33.5 Å². The maximum atomic E-state index is 13.8. The highest BCUT2D eigenvalue weighted by molar-refractivity contribution is 7.48. The molecule has 6 atom stereocenters. The van der Waals surface area contributed by atoms with Gasteiger partial charge in [0.1, 0.15) is 18.3 Å². The van der Waals surface area contributed by atoms with Gasteiger partial charge in [0, 0.05) is 39.0 Å². The molecule has 0 aromatic carbocycles. The number of ether oxygens (including phenoxy) is 2. The summed E-state index contributed by atoms with van der Waals surface area (Å²) in [4.78, 5) is 28.1. The van der Waals surface area contributed by atoms with E-state index in [-0.39, 0.29) is 51.4 Å². The molecule has 1 aromatic rings. The van der Waals surface area contributed by atoms with Crippen molar-refractivity contribution in [3.8, 4) is 6.07 Å². The number of nitrogens with zero attached hydrogens (tertiary/aromatic N) is 3. The summed E-state index contributed by atoms with van der Waals surface area (Å²) in [5, 5.41) is 9.13. The number of nitrogens with one attached hydrogen (secondary N) is 1. The molecule has 250 valence electrons. The topological polar surface area (TPSA) is 164 Å². The second-order valence-electron chi connectivity index (χ2n) is 12.5. The molecule has 1 aromatic heterocycles. The van der Waals surface area contributed by atoms with Crippen molar-refractivity contribution in [2.45, 2.75) is 109 Å². The number of phosphoric ester groups is 1. The number of rotatable bonds is 13. The van der Waals surface area contributed by atoms with E-state index < -0.39 is 60.2 Å². The number of methoxy groups -OCH3 is 1. The third kappa shape index (κ3) is 10.1. The van der Waals surface area contributed by atoms with Crippen molar-refractivity contribution in [2.24, 2.45) is 0 Å². The van der Waals surface area contributed by atoms with Crippen LogP contribution in [0.5, 0.6) is 0 Å². The van der Waals surface area contributed by atoms with Crippen molar-refractivity contribution in [3.05, 3.63) is 32.6 Å². The summed E-state index contributed by atoms with van der Waals surface area (Å²) >= 11 is 0. The van der Waals surface area contributed by atoms with Crippen molar-refractivity contribution in [3.63, 3.8) is 0 Å². The summed E-state index contributed by atoms with van der Waals surface area (Å²) in [6.07, 6.45) is -1.45. The molecule has 3 heterocycles. The first-order valence-corrected chi connectivity index (χ1v) is 21.3. The van der Waals surface area contributed by atoms with Gasteiger partial charge in [-0.15, -0.1) is 0 Å². The van der Waals surface area contributed by atoms with E-state index in [0.29, 0.717) is 12.0 Å². The minimum absolute atomic E-state index is 0.00807. The van der Waals surface area contributed by atoms with Gasteiger partial charge in [-0.05, 0) is 46.6 Å². The van der Waals surface area contributed by atoms with Crippen molar-refractivity contribution in [1.82, 2.24) is 14.2 Å². The molecule has 44 heavy (non-hydrogen) atoms. The lowest BCUT2D eigenvalue weighted by molar-refractivity contribution is -0.0631. The highest BCUT2D eigenvalue weighted by Gasteiger charge is 2.50. The van der Waals surface area contributed by atoms with Crippen LogP contribution in [0.1, 0.15) is 52.3 Å². The van der Waals surface area contributed by atoms with Gasteiger partial charge in [-0.1, -0.05) is 19.6 Å². The highest BCUT2D eigenvalue weighted by Crippen LogP contribution is 2.53. The van der Waals surface area contributed by atoms with Crippen LogP contribution in [0.4, 0.5) is 0 Å². The smallest absolute Gasteiger partial charge is 0.374 e. The van der Waals surface area contributed by atoms with Crippen LogP contribution in [0.3, 0.4) is 0 Å². The van der Waals surface area contributed by atoms with E-state index in [1.54, 1.807) is 0 Å². The Bertz CT molecular complexity index is 1270. The maximum Gasteiger partial charge on any atom is 0.474 e. The number of hydrogen-bond acceptors (Lipinski definition) is 12. The molecule has 0 amide bonds. The predicted molar refractivity (Wildman–Crippen MR) is 168 cm³/mol. The largest absolute Gasteiger partial charge is 0.474 e. The van der Waals surface area contributed by atoms with Crippen molar-refractivity contribution < 1.29 is 36.7 Å². The molecule has 17 heteroatoms. The average Bonchev–Trinajstić information content (AvgIpc) is 3.26. The minimum Gasteiger partial charge on any atom is -0.374 e. The Morgan fingerprint density at radius 2 is 1.89 bits per heavy atom. The number of fused-ring (bicyclic) bond motifs is 5. The number of aromatic amines is 1. The van der Waals surface area contributed by atoms with Crippen LogP contribution in [0.2, 0.25) is 25.7 Å². The quantitative estimate of drug-likeness (QED) is 0.176. The summed E-state index contributed by atoms with van der Waals surface area (Å²) in [6.45, 7) is 14.7. The Morgan fingerprint density at radius 1 is 1.18 bits per heavy atom. The van der Waals surface area contributed by atoms with Crippen LogP contribution in [0.15, 0.2) is 15.8 Å². The Labute approximate surface area is 261 Å². The van der Waals surface area contributed by atoms with Gasteiger partial charge in [-0.3, -0.25) is 27.9 Å². The summed E-state index contributed by atoms with van der Waals surface area (Å²) in [5.41, 5.74) is -0.867. The van der Waals surface area contributed by atoms with E-state index >= 15 is 0 Å². The van der Waals surface area contributed by atoms with Gasteiger partial charge >= 0.3 is 13.5 Å². The summed E-state index contributed by atoms with van der Waals surface area (Å²) in [6, 6.07) is 2.88. The van der Waals surface area contributed by atoms with Crippen LogP contribution in [-0.2, 0) is 43.1 Å². The Hall–Kier alpha value is -1.27. The van der Waals surface area contributed by atoms with E-state index in [0.717, 1.165) is 6.04 Å². The normalized spacial score (nSPS) is 27.1. The van der Waals surface area contributed by atoms with E-state index in [9.17, 15) is 14.2 Å². The van der Waals surface area contributed by atoms with Gasteiger partial charge < -0.3 is 18.5 Å².